The summed E-state index contributed by atoms with van der Waals surface area (Å²) >= 11 is 0. The molecule has 0 atom stereocenters. The molecule has 0 spiro atoms. The largest absolute Gasteiger partial charge is 1.00 e. The third-order valence-electron chi connectivity index (χ3n) is 6.62. The van der Waals surface area contributed by atoms with Crippen LogP contribution in [0, 0.1) is 0 Å². The molecule has 0 saturated heterocycles. The van der Waals surface area contributed by atoms with Crippen LogP contribution in [0.4, 0.5) is 0 Å². The van der Waals surface area contributed by atoms with Crippen molar-refractivity contribution in [2.24, 2.45) is 0 Å². The predicted octanol–water partition coefficient (Wildman–Crippen LogP) is -2.52. The van der Waals surface area contributed by atoms with Crippen LogP contribution in [0.15, 0.2) is 97.1 Å². The van der Waals surface area contributed by atoms with Gasteiger partial charge in [-0.2, -0.15) is 0 Å². The highest BCUT2D eigenvalue weighted by molar-refractivity contribution is 5.71. The Labute approximate surface area is 229 Å². The Morgan fingerprint density at radius 1 is 0.500 bits per heavy atom. The monoisotopic (exact) mass is 602 g/mol. The normalized spacial score (nSPS) is 12.7. The molecule has 0 radical (unpaired) electrons. The SMILES string of the molecule is [Br-].[Br-].c1cc2cc(c1)Cn1n[n+](c3ccccc31)Cc1cccc(c1)C[n+]1nn(c3ccccc31)C2. The highest BCUT2D eigenvalue weighted by Crippen LogP contribution is 2.17. The fraction of sp³-hybridized carbons (Fsp3) is 0.143. The Morgan fingerprint density at radius 2 is 0.917 bits per heavy atom. The van der Waals surface area contributed by atoms with E-state index in [9.17, 15) is 0 Å². The Kier molecular flexibility index (Phi) is 6.73. The lowest BCUT2D eigenvalue weighted by atomic mass is 10.1. The molecule has 2 aromatic heterocycles. The molecule has 180 valence electrons. The molecule has 0 N–H and O–H groups in total. The zero-order valence-electron chi connectivity index (χ0n) is 19.5. The van der Waals surface area contributed by atoms with Crippen molar-refractivity contribution < 1.29 is 43.3 Å². The Hall–Kier alpha value is -3.36. The number of benzene rings is 4. The highest BCUT2D eigenvalue weighted by Gasteiger charge is 2.21. The Balaban J connectivity index is 0.00000133. The Morgan fingerprint density at radius 3 is 1.42 bits per heavy atom. The molecule has 1 aliphatic heterocycles. The molecule has 6 nitrogen and oxygen atoms in total. The predicted molar refractivity (Wildman–Crippen MR) is 129 cm³/mol. The van der Waals surface area contributed by atoms with Gasteiger partial charge in [-0.1, -0.05) is 60.7 Å². The second-order valence-corrected chi connectivity index (χ2v) is 9.03. The summed E-state index contributed by atoms with van der Waals surface area (Å²) in [4.78, 5) is 0. The number of para-hydroxylation sites is 4. The number of nitrogens with zero attached hydrogens (tertiary/aromatic N) is 6. The van der Waals surface area contributed by atoms with E-state index in [1.807, 2.05) is 0 Å². The van der Waals surface area contributed by atoms with E-state index in [4.69, 9.17) is 10.4 Å². The average molecular weight is 604 g/mol. The molecule has 7 rings (SSSR count). The molecule has 0 fully saturated rings. The molecule has 0 aliphatic carbocycles. The van der Waals surface area contributed by atoms with E-state index < -0.39 is 0 Å². The standard InChI is InChI=1S/C28H24N6.2BrH/c1-2-12-26-25(11-1)31-17-21-7-5-9-23(15-21)19-33-27-13-3-4-14-28(27)34(30-33)20-24-10-6-8-22(16-24)18-32(26)29-31;;/h1-16H,17-20H2;2*1H/q+2;;/p-2. The fourth-order valence-electron chi connectivity index (χ4n) is 5.07. The van der Waals surface area contributed by atoms with Crippen LogP contribution in [0.25, 0.3) is 22.1 Å². The molecular formula is C28H24Br2N6. The molecule has 0 amide bonds. The zero-order valence-corrected chi connectivity index (χ0v) is 22.7. The average Bonchev–Trinajstić information content (AvgIpc) is 3.37. The number of rotatable bonds is 0. The van der Waals surface area contributed by atoms with Crippen molar-refractivity contribution >= 4 is 22.1 Å². The first kappa shape index (κ1) is 24.3. The number of hydrogen-bond acceptors (Lipinski definition) is 2. The van der Waals surface area contributed by atoms with Gasteiger partial charge in [0.1, 0.15) is 26.2 Å². The number of halogens is 2. The Bertz CT molecular complexity index is 1450. The molecule has 36 heavy (non-hydrogen) atoms. The number of hydrogen-bond donors (Lipinski definition) is 0. The van der Waals surface area contributed by atoms with Gasteiger partial charge in [0.25, 0.3) is 0 Å². The molecule has 1 aliphatic rings. The molecule has 6 aromatic rings. The molecule has 8 bridgehead atoms. The first-order chi connectivity index (χ1) is 16.8. The minimum atomic E-state index is 0. The maximum Gasteiger partial charge on any atom is 0.198 e. The van der Waals surface area contributed by atoms with Gasteiger partial charge in [0.05, 0.1) is 10.4 Å². The maximum atomic E-state index is 4.99. The molecule has 0 unspecified atom stereocenters. The van der Waals surface area contributed by atoms with Gasteiger partial charge < -0.3 is 34.0 Å². The molecule has 3 heterocycles. The summed E-state index contributed by atoms with van der Waals surface area (Å²) in [6.07, 6.45) is 0. The summed E-state index contributed by atoms with van der Waals surface area (Å²) in [6, 6.07) is 34.5. The molecular weight excluding hydrogens is 580 g/mol. The van der Waals surface area contributed by atoms with Crippen molar-refractivity contribution in [3.63, 3.8) is 0 Å². The lowest BCUT2D eigenvalue weighted by molar-refractivity contribution is -0.725. The summed E-state index contributed by atoms with van der Waals surface area (Å²) in [6.45, 7) is 2.89. The van der Waals surface area contributed by atoms with Crippen LogP contribution in [0.5, 0.6) is 0 Å². The van der Waals surface area contributed by atoms with E-state index in [0.717, 1.165) is 48.2 Å². The quantitative estimate of drug-likeness (QED) is 0.180. The van der Waals surface area contributed by atoms with E-state index in [2.05, 4.69) is 116 Å². The minimum absolute atomic E-state index is 0. The van der Waals surface area contributed by atoms with Crippen LogP contribution >= 0.6 is 0 Å². The number of aromatic nitrogens is 6. The van der Waals surface area contributed by atoms with Crippen molar-refractivity contribution in [1.82, 2.24) is 19.8 Å². The lowest BCUT2D eigenvalue weighted by Gasteiger charge is -2.03. The zero-order chi connectivity index (χ0) is 22.5. The first-order valence-electron chi connectivity index (χ1n) is 11.7. The summed E-state index contributed by atoms with van der Waals surface area (Å²) in [5.41, 5.74) is 9.51. The third kappa shape index (κ3) is 4.35. The van der Waals surface area contributed by atoms with Crippen molar-refractivity contribution in [1.29, 1.82) is 0 Å². The lowest BCUT2D eigenvalue weighted by Crippen LogP contribution is -3.00. The summed E-state index contributed by atoms with van der Waals surface area (Å²) in [5.74, 6) is 0. The second-order valence-electron chi connectivity index (χ2n) is 9.03. The summed E-state index contributed by atoms with van der Waals surface area (Å²) in [7, 11) is 0. The van der Waals surface area contributed by atoms with Crippen molar-refractivity contribution in [3.05, 3.63) is 119 Å². The first-order valence-corrected chi connectivity index (χ1v) is 11.7. The smallest absolute Gasteiger partial charge is 0.198 e. The van der Waals surface area contributed by atoms with Gasteiger partial charge in [0.15, 0.2) is 22.1 Å². The van der Waals surface area contributed by atoms with Gasteiger partial charge in [0.2, 0.25) is 0 Å². The highest BCUT2D eigenvalue weighted by atomic mass is 79.9. The van der Waals surface area contributed by atoms with Crippen molar-refractivity contribution in [2.75, 3.05) is 0 Å². The van der Waals surface area contributed by atoms with E-state index in [1.54, 1.807) is 0 Å². The summed E-state index contributed by atoms with van der Waals surface area (Å²) in [5, 5.41) is 9.99. The molecule has 8 heteroatoms. The third-order valence-corrected chi connectivity index (χ3v) is 6.62. The number of fused-ring (bicyclic) bond motifs is 14. The fourth-order valence-corrected chi connectivity index (χ4v) is 5.07. The summed E-state index contributed by atoms with van der Waals surface area (Å²) < 4.78 is 8.45. The van der Waals surface area contributed by atoms with Gasteiger partial charge in [-0.05, 0) is 58.7 Å². The van der Waals surface area contributed by atoms with E-state index in [0.29, 0.717) is 0 Å². The van der Waals surface area contributed by atoms with E-state index in [1.165, 1.54) is 22.3 Å². The van der Waals surface area contributed by atoms with Gasteiger partial charge in [-0.15, -0.1) is 18.7 Å². The topological polar surface area (TPSA) is 43.4 Å². The van der Waals surface area contributed by atoms with Gasteiger partial charge in [0, 0.05) is 0 Å². The molecule has 4 aromatic carbocycles. The minimum Gasteiger partial charge on any atom is -1.00 e. The van der Waals surface area contributed by atoms with Crippen LogP contribution < -0.4 is 43.3 Å². The molecule has 0 saturated carbocycles. The van der Waals surface area contributed by atoms with Crippen molar-refractivity contribution in [3.8, 4) is 0 Å². The maximum absolute atomic E-state index is 4.99. The van der Waals surface area contributed by atoms with Gasteiger partial charge in [-0.25, -0.2) is 0 Å². The van der Waals surface area contributed by atoms with Gasteiger partial charge >= 0.3 is 0 Å². The van der Waals surface area contributed by atoms with Gasteiger partial charge in [-0.3, -0.25) is 0 Å². The van der Waals surface area contributed by atoms with Crippen LogP contribution in [0.2, 0.25) is 0 Å². The second kappa shape index (κ2) is 9.95. The van der Waals surface area contributed by atoms with Crippen LogP contribution in [0.1, 0.15) is 22.3 Å². The van der Waals surface area contributed by atoms with Crippen LogP contribution in [0.3, 0.4) is 0 Å². The van der Waals surface area contributed by atoms with Crippen LogP contribution in [-0.4, -0.2) is 19.8 Å². The van der Waals surface area contributed by atoms with E-state index >= 15 is 0 Å². The van der Waals surface area contributed by atoms with Crippen LogP contribution in [-0.2, 0) is 26.2 Å². The van der Waals surface area contributed by atoms with Crippen molar-refractivity contribution in [2.45, 2.75) is 26.2 Å². The van der Waals surface area contributed by atoms with E-state index in [-0.39, 0.29) is 34.0 Å².